The molecule has 0 atom stereocenters. The number of benzene rings is 2. The van der Waals surface area contributed by atoms with E-state index in [4.69, 9.17) is 4.42 Å². The first-order valence-electron chi connectivity index (χ1n) is 8.30. The fourth-order valence-corrected chi connectivity index (χ4v) is 3.01. The average Bonchev–Trinajstić information content (AvgIpc) is 3.03. The van der Waals surface area contributed by atoms with E-state index in [1.54, 1.807) is 0 Å². The quantitative estimate of drug-likeness (QED) is 0.583. The summed E-state index contributed by atoms with van der Waals surface area (Å²) in [7, 11) is 0. The molecule has 0 fully saturated rings. The van der Waals surface area contributed by atoms with Crippen LogP contribution in [-0.2, 0) is 13.1 Å². The summed E-state index contributed by atoms with van der Waals surface area (Å²) in [6.45, 7) is 8.02. The van der Waals surface area contributed by atoms with Crippen molar-refractivity contribution in [2.45, 2.75) is 39.4 Å². The molecule has 0 aliphatic rings. The van der Waals surface area contributed by atoms with Crippen molar-refractivity contribution in [1.29, 1.82) is 0 Å². The summed E-state index contributed by atoms with van der Waals surface area (Å²) in [5.41, 5.74) is 2.16. The minimum Gasteiger partial charge on any atom is -0.419 e. The van der Waals surface area contributed by atoms with Crippen molar-refractivity contribution in [3.8, 4) is 11.5 Å². The number of rotatable bonds is 5. The first-order chi connectivity index (χ1) is 11.9. The maximum atomic E-state index is 5.92. The van der Waals surface area contributed by atoms with Gasteiger partial charge in [0.1, 0.15) is 0 Å². The lowest BCUT2D eigenvalue weighted by molar-refractivity contribution is 0.106. The maximum Gasteiger partial charge on any atom is 0.248 e. The molecule has 1 aromatic heterocycles. The molecule has 5 heteroatoms. The fraction of sp³-hybridized carbons (Fsp3) is 0.300. The predicted octanol–water partition coefficient (Wildman–Crippen LogP) is 5.30. The summed E-state index contributed by atoms with van der Waals surface area (Å²) in [6, 6.07) is 18.3. The Morgan fingerprint density at radius 2 is 1.60 bits per heavy atom. The number of nitrogens with zero attached hydrogens (tertiary/aromatic N) is 3. The highest BCUT2D eigenvalue weighted by molar-refractivity contribution is 9.10. The molecule has 0 saturated carbocycles. The zero-order valence-electron chi connectivity index (χ0n) is 14.7. The van der Waals surface area contributed by atoms with Gasteiger partial charge in [-0.1, -0.05) is 42.5 Å². The molecule has 0 amide bonds. The summed E-state index contributed by atoms with van der Waals surface area (Å²) in [5, 5.41) is 8.47. The third-order valence-corrected chi connectivity index (χ3v) is 4.75. The van der Waals surface area contributed by atoms with Gasteiger partial charge in [0.05, 0.1) is 12.1 Å². The van der Waals surface area contributed by atoms with E-state index in [9.17, 15) is 0 Å². The van der Waals surface area contributed by atoms with Crippen molar-refractivity contribution in [3.63, 3.8) is 0 Å². The van der Waals surface area contributed by atoms with Crippen LogP contribution in [0.15, 0.2) is 63.5 Å². The summed E-state index contributed by atoms with van der Waals surface area (Å²) in [6.07, 6.45) is 0. The molecule has 0 aliphatic carbocycles. The number of halogens is 1. The molecule has 0 aliphatic heterocycles. The van der Waals surface area contributed by atoms with Gasteiger partial charge in [-0.3, -0.25) is 4.90 Å². The second kappa shape index (κ2) is 7.50. The van der Waals surface area contributed by atoms with Crippen molar-refractivity contribution in [2.24, 2.45) is 0 Å². The van der Waals surface area contributed by atoms with Crippen LogP contribution in [0.5, 0.6) is 0 Å². The maximum absolute atomic E-state index is 5.92. The molecule has 4 nitrogen and oxygen atoms in total. The molecule has 0 unspecified atom stereocenters. The lowest BCUT2D eigenvalue weighted by Gasteiger charge is -2.34. The van der Waals surface area contributed by atoms with Gasteiger partial charge in [-0.2, -0.15) is 0 Å². The normalized spacial score (nSPS) is 11.9. The van der Waals surface area contributed by atoms with Crippen LogP contribution in [0.3, 0.4) is 0 Å². The van der Waals surface area contributed by atoms with Crippen LogP contribution in [0.4, 0.5) is 0 Å². The zero-order valence-corrected chi connectivity index (χ0v) is 16.3. The summed E-state index contributed by atoms with van der Waals surface area (Å²) in [4.78, 5) is 2.33. The molecule has 130 valence electrons. The Bertz CT molecular complexity index is 824. The van der Waals surface area contributed by atoms with E-state index >= 15 is 0 Å². The monoisotopic (exact) mass is 399 g/mol. The summed E-state index contributed by atoms with van der Waals surface area (Å²) < 4.78 is 6.87. The predicted molar refractivity (Wildman–Crippen MR) is 103 cm³/mol. The van der Waals surface area contributed by atoms with Gasteiger partial charge >= 0.3 is 0 Å². The van der Waals surface area contributed by atoms with E-state index in [1.165, 1.54) is 5.56 Å². The Labute approximate surface area is 157 Å². The third kappa shape index (κ3) is 4.55. The minimum atomic E-state index is -0.0161. The lowest BCUT2D eigenvalue weighted by atomic mass is 10.0. The van der Waals surface area contributed by atoms with Gasteiger partial charge in [-0.25, -0.2) is 0 Å². The molecular formula is C20H22BrN3O. The highest BCUT2D eigenvalue weighted by atomic mass is 79.9. The van der Waals surface area contributed by atoms with Crippen LogP contribution in [0.1, 0.15) is 32.2 Å². The van der Waals surface area contributed by atoms with E-state index in [2.05, 4.69) is 76.1 Å². The molecule has 3 aromatic rings. The molecule has 1 heterocycles. The van der Waals surface area contributed by atoms with Gasteiger partial charge < -0.3 is 4.42 Å². The Kier molecular flexibility index (Phi) is 5.35. The Hall–Kier alpha value is -1.98. The van der Waals surface area contributed by atoms with E-state index in [0.717, 1.165) is 16.6 Å². The summed E-state index contributed by atoms with van der Waals surface area (Å²) >= 11 is 3.53. The second-order valence-corrected chi connectivity index (χ2v) is 7.85. The van der Waals surface area contributed by atoms with Crippen molar-refractivity contribution in [3.05, 3.63) is 70.5 Å². The number of aromatic nitrogens is 2. The first-order valence-corrected chi connectivity index (χ1v) is 9.09. The van der Waals surface area contributed by atoms with Crippen LogP contribution in [0, 0.1) is 0 Å². The van der Waals surface area contributed by atoms with E-state index in [1.807, 2.05) is 30.3 Å². The van der Waals surface area contributed by atoms with Gasteiger partial charge in [0, 0.05) is 16.6 Å². The molecule has 0 saturated heterocycles. The topological polar surface area (TPSA) is 42.2 Å². The molecule has 0 bridgehead atoms. The molecule has 2 aromatic carbocycles. The highest BCUT2D eigenvalue weighted by Crippen LogP contribution is 2.27. The SMILES string of the molecule is CC(C)(C)N(Cc1ccccc1)Cc1nnc(-c2ccccc2Br)o1. The standard InChI is InChI=1S/C20H22BrN3O/c1-20(2,3)24(13-15-9-5-4-6-10-15)14-18-22-23-19(25-18)16-11-7-8-12-17(16)21/h4-12H,13-14H2,1-3H3. The van der Waals surface area contributed by atoms with Gasteiger partial charge in [0.2, 0.25) is 11.8 Å². The van der Waals surface area contributed by atoms with Gasteiger partial charge in [0.25, 0.3) is 0 Å². The Morgan fingerprint density at radius 3 is 2.28 bits per heavy atom. The molecule has 3 rings (SSSR count). The zero-order chi connectivity index (χ0) is 17.9. The van der Waals surface area contributed by atoms with Crippen LogP contribution in [0.25, 0.3) is 11.5 Å². The molecular weight excluding hydrogens is 378 g/mol. The number of hydrogen-bond donors (Lipinski definition) is 0. The van der Waals surface area contributed by atoms with Gasteiger partial charge in [-0.15, -0.1) is 10.2 Å². The van der Waals surface area contributed by atoms with Gasteiger partial charge in [0.15, 0.2) is 0 Å². The van der Waals surface area contributed by atoms with Crippen molar-refractivity contribution in [1.82, 2.24) is 15.1 Å². The van der Waals surface area contributed by atoms with Crippen LogP contribution >= 0.6 is 15.9 Å². The first kappa shape index (κ1) is 17.8. The average molecular weight is 400 g/mol. The van der Waals surface area contributed by atoms with Gasteiger partial charge in [-0.05, 0) is 54.4 Å². The van der Waals surface area contributed by atoms with Crippen LogP contribution in [-0.4, -0.2) is 20.6 Å². The van der Waals surface area contributed by atoms with E-state index in [-0.39, 0.29) is 5.54 Å². The van der Waals surface area contributed by atoms with Crippen molar-refractivity contribution >= 4 is 15.9 Å². The molecule has 25 heavy (non-hydrogen) atoms. The van der Waals surface area contributed by atoms with Crippen LogP contribution < -0.4 is 0 Å². The molecule has 0 radical (unpaired) electrons. The van der Waals surface area contributed by atoms with E-state index in [0.29, 0.717) is 18.3 Å². The Morgan fingerprint density at radius 1 is 0.920 bits per heavy atom. The lowest BCUT2D eigenvalue weighted by Crippen LogP contribution is -2.40. The summed E-state index contributed by atoms with van der Waals surface area (Å²) in [5.74, 6) is 1.16. The second-order valence-electron chi connectivity index (χ2n) is 6.99. The Balaban J connectivity index is 1.80. The van der Waals surface area contributed by atoms with E-state index < -0.39 is 0 Å². The fourth-order valence-electron chi connectivity index (χ4n) is 2.56. The molecule has 0 N–H and O–H groups in total. The minimum absolute atomic E-state index is 0.0161. The third-order valence-electron chi connectivity index (χ3n) is 4.06. The smallest absolute Gasteiger partial charge is 0.248 e. The van der Waals surface area contributed by atoms with Crippen LogP contribution in [0.2, 0.25) is 0 Å². The van der Waals surface area contributed by atoms with Crippen molar-refractivity contribution < 1.29 is 4.42 Å². The highest BCUT2D eigenvalue weighted by Gasteiger charge is 2.24. The molecule has 0 spiro atoms. The number of hydrogen-bond acceptors (Lipinski definition) is 4. The van der Waals surface area contributed by atoms with Crippen molar-refractivity contribution in [2.75, 3.05) is 0 Å². The largest absolute Gasteiger partial charge is 0.419 e.